The van der Waals surface area contributed by atoms with E-state index >= 15 is 0 Å². The van der Waals surface area contributed by atoms with Crippen molar-refractivity contribution in [1.29, 1.82) is 0 Å². The Labute approximate surface area is 128 Å². The lowest BCUT2D eigenvalue weighted by molar-refractivity contribution is -0.275. The molecule has 0 bridgehead atoms. The van der Waals surface area contributed by atoms with Crippen molar-refractivity contribution in [3.8, 4) is 5.75 Å². The van der Waals surface area contributed by atoms with E-state index in [4.69, 9.17) is 0 Å². The lowest BCUT2D eigenvalue weighted by Gasteiger charge is -2.19. The number of para-hydroxylation sites is 1. The molecule has 0 aliphatic carbocycles. The number of aliphatic hydroxyl groups is 1. The molecule has 2 rings (SSSR count). The van der Waals surface area contributed by atoms with Crippen LogP contribution in [-0.2, 0) is 0 Å². The molecule has 1 atom stereocenters. The molecule has 0 radical (unpaired) electrons. The highest BCUT2D eigenvalue weighted by atomic mass is 79.9. The first-order valence-corrected chi connectivity index (χ1v) is 6.86. The standard InChI is InChI=1S/C15H12BrF3O2/c1-9-6-7-10(16)8-12(9)14(20)11-4-2-3-5-13(11)21-15(17,18)19/h2-8,14,20H,1H3. The van der Waals surface area contributed by atoms with Crippen molar-refractivity contribution in [1.82, 2.24) is 0 Å². The van der Waals surface area contributed by atoms with Crippen LogP contribution in [0, 0.1) is 6.92 Å². The molecular formula is C15H12BrF3O2. The van der Waals surface area contributed by atoms with Crippen LogP contribution in [-0.4, -0.2) is 11.5 Å². The summed E-state index contributed by atoms with van der Waals surface area (Å²) in [5, 5.41) is 10.4. The Morgan fingerprint density at radius 2 is 1.76 bits per heavy atom. The van der Waals surface area contributed by atoms with E-state index in [1.807, 2.05) is 0 Å². The van der Waals surface area contributed by atoms with Gasteiger partial charge in [-0.25, -0.2) is 0 Å². The first-order valence-electron chi connectivity index (χ1n) is 6.07. The summed E-state index contributed by atoms with van der Waals surface area (Å²) in [4.78, 5) is 0. The van der Waals surface area contributed by atoms with Crippen LogP contribution in [0.15, 0.2) is 46.9 Å². The monoisotopic (exact) mass is 360 g/mol. The predicted molar refractivity (Wildman–Crippen MR) is 76.1 cm³/mol. The molecule has 0 amide bonds. The van der Waals surface area contributed by atoms with Gasteiger partial charge in [0.15, 0.2) is 0 Å². The highest BCUT2D eigenvalue weighted by Gasteiger charge is 2.33. The maximum absolute atomic E-state index is 12.4. The van der Waals surface area contributed by atoms with Gasteiger partial charge in [0.05, 0.1) is 0 Å². The van der Waals surface area contributed by atoms with Crippen LogP contribution in [0.25, 0.3) is 0 Å². The molecule has 0 aliphatic heterocycles. The van der Waals surface area contributed by atoms with Crippen LogP contribution in [0.4, 0.5) is 13.2 Å². The second-order valence-electron chi connectivity index (χ2n) is 4.49. The molecule has 2 aromatic carbocycles. The summed E-state index contributed by atoms with van der Waals surface area (Å²) in [5.74, 6) is -0.406. The van der Waals surface area contributed by atoms with Crippen LogP contribution in [0.3, 0.4) is 0 Å². The largest absolute Gasteiger partial charge is 0.573 e. The van der Waals surface area contributed by atoms with Crippen molar-refractivity contribution < 1.29 is 23.0 Å². The summed E-state index contributed by atoms with van der Waals surface area (Å²) in [6, 6.07) is 10.8. The molecule has 112 valence electrons. The molecule has 0 saturated heterocycles. The Kier molecular flexibility index (Phi) is 4.58. The molecule has 0 heterocycles. The minimum absolute atomic E-state index is 0.0658. The van der Waals surface area contributed by atoms with Gasteiger partial charge in [-0.3, -0.25) is 0 Å². The first kappa shape index (κ1) is 15.9. The van der Waals surface area contributed by atoms with Gasteiger partial charge in [-0.2, -0.15) is 0 Å². The zero-order valence-electron chi connectivity index (χ0n) is 11.0. The number of halogens is 4. The minimum atomic E-state index is -4.80. The van der Waals surface area contributed by atoms with Crippen LogP contribution in [0.2, 0.25) is 0 Å². The van der Waals surface area contributed by atoms with Gasteiger partial charge in [0.2, 0.25) is 0 Å². The first-order chi connectivity index (χ1) is 9.78. The molecular weight excluding hydrogens is 349 g/mol. The lowest BCUT2D eigenvalue weighted by Crippen LogP contribution is -2.19. The summed E-state index contributed by atoms with van der Waals surface area (Å²) < 4.78 is 42.0. The van der Waals surface area contributed by atoms with E-state index in [9.17, 15) is 18.3 Å². The summed E-state index contributed by atoms with van der Waals surface area (Å²) in [6.45, 7) is 1.78. The highest BCUT2D eigenvalue weighted by molar-refractivity contribution is 9.10. The molecule has 2 nitrogen and oxygen atoms in total. The van der Waals surface area contributed by atoms with Gasteiger partial charge >= 0.3 is 6.36 Å². The van der Waals surface area contributed by atoms with Gasteiger partial charge in [0.25, 0.3) is 0 Å². The summed E-state index contributed by atoms with van der Waals surface area (Å²) in [6.07, 6.45) is -6.01. The Morgan fingerprint density at radius 1 is 1.10 bits per heavy atom. The zero-order chi connectivity index (χ0) is 15.6. The third-order valence-electron chi connectivity index (χ3n) is 2.98. The molecule has 1 unspecified atom stereocenters. The molecule has 0 spiro atoms. The molecule has 6 heteroatoms. The van der Waals surface area contributed by atoms with Gasteiger partial charge in [-0.1, -0.05) is 40.2 Å². The highest BCUT2D eigenvalue weighted by Crippen LogP contribution is 2.35. The second-order valence-corrected chi connectivity index (χ2v) is 5.40. The number of aryl methyl sites for hydroxylation is 1. The van der Waals surface area contributed by atoms with Gasteiger partial charge in [-0.05, 0) is 36.2 Å². The van der Waals surface area contributed by atoms with Gasteiger partial charge in [0.1, 0.15) is 11.9 Å². The normalized spacial score (nSPS) is 13.0. The van der Waals surface area contributed by atoms with Crippen molar-refractivity contribution in [3.63, 3.8) is 0 Å². The van der Waals surface area contributed by atoms with Crippen molar-refractivity contribution in [3.05, 3.63) is 63.6 Å². The number of rotatable bonds is 3. The molecule has 0 aliphatic rings. The predicted octanol–water partition coefficient (Wildman–Crippen LogP) is 4.74. The van der Waals surface area contributed by atoms with Crippen molar-refractivity contribution >= 4 is 15.9 Å². The van der Waals surface area contributed by atoms with E-state index in [0.29, 0.717) is 5.56 Å². The lowest BCUT2D eigenvalue weighted by atomic mass is 9.97. The number of ether oxygens (including phenoxy) is 1. The Balaban J connectivity index is 2.44. The van der Waals surface area contributed by atoms with E-state index in [1.54, 1.807) is 31.2 Å². The van der Waals surface area contributed by atoms with Crippen LogP contribution in [0.5, 0.6) is 5.75 Å². The molecule has 0 fully saturated rings. The van der Waals surface area contributed by atoms with E-state index in [-0.39, 0.29) is 5.56 Å². The average Bonchev–Trinajstić information content (AvgIpc) is 2.39. The Morgan fingerprint density at radius 3 is 2.43 bits per heavy atom. The van der Waals surface area contributed by atoms with Crippen LogP contribution in [0.1, 0.15) is 22.8 Å². The number of alkyl halides is 3. The summed E-state index contributed by atoms with van der Waals surface area (Å²) >= 11 is 3.28. The van der Waals surface area contributed by atoms with Crippen molar-refractivity contribution in [2.75, 3.05) is 0 Å². The number of aliphatic hydroxyl groups excluding tert-OH is 1. The summed E-state index contributed by atoms with van der Waals surface area (Å²) in [5.41, 5.74) is 1.35. The van der Waals surface area contributed by atoms with Gasteiger partial charge in [-0.15, -0.1) is 13.2 Å². The summed E-state index contributed by atoms with van der Waals surface area (Å²) in [7, 11) is 0. The fourth-order valence-corrected chi connectivity index (χ4v) is 2.38. The molecule has 1 N–H and O–H groups in total. The smallest absolute Gasteiger partial charge is 0.405 e. The second kappa shape index (κ2) is 6.07. The maximum Gasteiger partial charge on any atom is 0.573 e. The van der Waals surface area contributed by atoms with E-state index in [0.717, 1.165) is 10.0 Å². The van der Waals surface area contributed by atoms with Crippen molar-refractivity contribution in [2.24, 2.45) is 0 Å². The molecule has 21 heavy (non-hydrogen) atoms. The van der Waals surface area contributed by atoms with Crippen LogP contribution >= 0.6 is 15.9 Å². The quantitative estimate of drug-likeness (QED) is 0.856. The van der Waals surface area contributed by atoms with E-state index in [1.165, 1.54) is 18.2 Å². The Hall–Kier alpha value is -1.53. The third kappa shape index (κ3) is 3.98. The SMILES string of the molecule is Cc1ccc(Br)cc1C(O)c1ccccc1OC(F)(F)F. The number of hydrogen-bond acceptors (Lipinski definition) is 2. The number of benzene rings is 2. The van der Waals surface area contributed by atoms with Crippen LogP contribution < -0.4 is 4.74 Å². The minimum Gasteiger partial charge on any atom is -0.405 e. The van der Waals surface area contributed by atoms with E-state index in [2.05, 4.69) is 20.7 Å². The number of hydrogen-bond donors (Lipinski definition) is 1. The van der Waals surface area contributed by atoms with Gasteiger partial charge < -0.3 is 9.84 Å². The third-order valence-corrected chi connectivity index (χ3v) is 3.47. The Bertz CT molecular complexity index is 641. The molecule has 0 aromatic heterocycles. The topological polar surface area (TPSA) is 29.5 Å². The maximum atomic E-state index is 12.4. The van der Waals surface area contributed by atoms with E-state index < -0.39 is 18.2 Å². The van der Waals surface area contributed by atoms with Crippen molar-refractivity contribution in [2.45, 2.75) is 19.4 Å². The fourth-order valence-electron chi connectivity index (χ4n) is 2.00. The average molecular weight is 361 g/mol. The molecule has 0 saturated carbocycles. The molecule has 2 aromatic rings. The fraction of sp³-hybridized carbons (Fsp3) is 0.200. The zero-order valence-corrected chi connectivity index (χ0v) is 12.6. The van der Waals surface area contributed by atoms with Gasteiger partial charge in [0, 0.05) is 10.0 Å².